The minimum atomic E-state index is 0.230. The SMILES string of the molecule is NNC(Cc1ccc(Br)s1)C1COc2ccccc2C1. The lowest BCUT2D eigenvalue weighted by atomic mass is 9.89. The van der Waals surface area contributed by atoms with Crippen LogP contribution in [0.15, 0.2) is 40.2 Å². The minimum Gasteiger partial charge on any atom is -0.493 e. The predicted octanol–water partition coefficient (Wildman–Crippen LogP) is 3.14. The van der Waals surface area contributed by atoms with Crippen molar-refractivity contribution in [3.63, 3.8) is 0 Å². The van der Waals surface area contributed by atoms with Crippen LogP contribution in [0.2, 0.25) is 0 Å². The predicted molar refractivity (Wildman–Crippen MR) is 86.0 cm³/mol. The molecule has 3 rings (SSSR count). The van der Waals surface area contributed by atoms with Crippen LogP contribution in [0.5, 0.6) is 5.75 Å². The molecule has 3 N–H and O–H groups in total. The molecule has 0 saturated heterocycles. The average molecular weight is 353 g/mol. The molecule has 1 aromatic heterocycles. The van der Waals surface area contributed by atoms with E-state index in [9.17, 15) is 0 Å². The molecule has 0 radical (unpaired) electrons. The molecule has 20 heavy (non-hydrogen) atoms. The van der Waals surface area contributed by atoms with E-state index in [1.165, 1.54) is 10.4 Å². The van der Waals surface area contributed by atoms with E-state index < -0.39 is 0 Å². The second-order valence-corrected chi connectivity index (χ2v) is 7.61. The Balaban J connectivity index is 1.71. The summed E-state index contributed by atoms with van der Waals surface area (Å²) in [4.78, 5) is 1.33. The highest BCUT2D eigenvalue weighted by atomic mass is 79.9. The topological polar surface area (TPSA) is 47.3 Å². The van der Waals surface area contributed by atoms with Gasteiger partial charge in [0.25, 0.3) is 0 Å². The zero-order valence-electron chi connectivity index (χ0n) is 11.0. The van der Waals surface area contributed by atoms with Gasteiger partial charge in [-0.05, 0) is 52.5 Å². The number of rotatable bonds is 4. The standard InChI is InChI=1S/C15H17BrN2OS/c16-15-6-5-12(20-15)8-13(18-17)11-7-10-3-1-2-4-14(10)19-9-11/h1-6,11,13,18H,7-9,17H2. The van der Waals surface area contributed by atoms with Crippen molar-refractivity contribution < 1.29 is 4.74 Å². The van der Waals surface area contributed by atoms with Crippen LogP contribution in [-0.2, 0) is 12.8 Å². The van der Waals surface area contributed by atoms with Crippen molar-refractivity contribution in [2.45, 2.75) is 18.9 Å². The summed E-state index contributed by atoms with van der Waals surface area (Å²) in [7, 11) is 0. The molecule has 2 unspecified atom stereocenters. The van der Waals surface area contributed by atoms with Gasteiger partial charge in [-0.1, -0.05) is 18.2 Å². The fourth-order valence-electron chi connectivity index (χ4n) is 2.65. The number of nitrogens with one attached hydrogen (secondary N) is 1. The number of hydrazine groups is 1. The summed E-state index contributed by atoms with van der Waals surface area (Å²) in [5, 5.41) is 0. The number of halogens is 1. The van der Waals surface area contributed by atoms with E-state index in [-0.39, 0.29) is 6.04 Å². The Morgan fingerprint density at radius 2 is 2.20 bits per heavy atom. The van der Waals surface area contributed by atoms with Gasteiger partial charge >= 0.3 is 0 Å². The lowest BCUT2D eigenvalue weighted by Crippen LogP contribution is -2.46. The average Bonchev–Trinajstić information content (AvgIpc) is 2.89. The first-order valence-electron chi connectivity index (χ1n) is 6.67. The van der Waals surface area contributed by atoms with Crippen molar-refractivity contribution in [2.24, 2.45) is 11.8 Å². The van der Waals surface area contributed by atoms with Gasteiger partial charge in [0.2, 0.25) is 0 Å². The molecule has 106 valence electrons. The molecule has 0 aliphatic carbocycles. The number of nitrogens with two attached hydrogens (primary N) is 1. The van der Waals surface area contributed by atoms with Crippen LogP contribution in [0.1, 0.15) is 10.4 Å². The first kappa shape index (κ1) is 14.1. The molecule has 0 spiro atoms. The largest absolute Gasteiger partial charge is 0.493 e. The number of benzene rings is 1. The van der Waals surface area contributed by atoms with E-state index in [0.29, 0.717) is 5.92 Å². The third-order valence-electron chi connectivity index (χ3n) is 3.74. The van der Waals surface area contributed by atoms with Gasteiger partial charge in [0.05, 0.1) is 10.4 Å². The quantitative estimate of drug-likeness (QED) is 0.656. The van der Waals surface area contributed by atoms with Crippen LogP contribution in [0.4, 0.5) is 0 Å². The number of thiophene rings is 1. The maximum atomic E-state index is 5.86. The van der Waals surface area contributed by atoms with Crippen molar-refractivity contribution in [3.05, 3.63) is 50.6 Å². The molecule has 0 fully saturated rings. The molecule has 5 heteroatoms. The van der Waals surface area contributed by atoms with E-state index in [0.717, 1.165) is 29.0 Å². The summed E-state index contributed by atoms with van der Waals surface area (Å²) in [6.45, 7) is 0.721. The summed E-state index contributed by atoms with van der Waals surface area (Å²) in [6.07, 6.45) is 1.94. The molecule has 3 nitrogen and oxygen atoms in total. The zero-order valence-corrected chi connectivity index (χ0v) is 13.4. The first-order chi connectivity index (χ1) is 9.76. The van der Waals surface area contributed by atoms with Crippen molar-refractivity contribution in [3.8, 4) is 5.75 Å². The normalized spacial score (nSPS) is 19.2. The molecule has 2 atom stereocenters. The van der Waals surface area contributed by atoms with E-state index in [2.05, 4.69) is 45.6 Å². The Kier molecular flexibility index (Phi) is 4.41. The molecular weight excluding hydrogens is 336 g/mol. The molecule has 1 aliphatic heterocycles. The Morgan fingerprint density at radius 1 is 1.35 bits per heavy atom. The van der Waals surface area contributed by atoms with Crippen molar-refractivity contribution in [2.75, 3.05) is 6.61 Å². The second kappa shape index (κ2) is 6.26. The number of para-hydroxylation sites is 1. The third-order valence-corrected chi connectivity index (χ3v) is 5.39. The Morgan fingerprint density at radius 3 is 2.95 bits per heavy atom. The molecule has 2 aromatic rings. The molecular formula is C15H17BrN2OS. The van der Waals surface area contributed by atoms with Crippen molar-refractivity contribution in [1.82, 2.24) is 5.43 Å². The fraction of sp³-hybridized carbons (Fsp3) is 0.333. The highest BCUT2D eigenvalue weighted by molar-refractivity contribution is 9.11. The van der Waals surface area contributed by atoms with Crippen LogP contribution in [0, 0.1) is 5.92 Å². The maximum Gasteiger partial charge on any atom is 0.122 e. The molecule has 1 aromatic carbocycles. The Bertz CT molecular complexity index is 587. The van der Waals surface area contributed by atoms with E-state index in [1.54, 1.807) is 11.3 Å². The minimum absolute atomic E-state index is 0.230. The van der Waals surface area contributed by atoms with Gasteiger partial charge in [-0.2, -0.15) is 0 Å². The lowest BCUT2D eigenvalue weighted by Gasteiger charge is -2.31. The first-order valence-corrected chi connectivity index (χ1v) is 8.28. The summed E-state index contributed by atoms with van der Waals surface area (Å²) in [6, 6.07) is 12.7. The van der Waals surface area contributed by atoms with Crippen LogP contribution in [0.3, 0.4) is 0 Å². The Hall–Kier alpha value is -0.880. The smallest absolute Gasteiger partial charge is 0.122 e. The molecule has 2 heterocycles. The fourth-order valence-corrected chi connectivity index (χ4v) is 4.19. The van der Waals surface area contributed by atoms with E-state index in [4.69, 9.17) is 10.6 Å². The van der Waals surface area contributed by atoms with E-state index in [1.807, 2.05) is 12.1 Å². The Labute approximate surface area is 131 Å². The zero-order chi connectivity index (χ0) is 13.9. The summed E-state index contributed by atoms with van der Waals surface area (Å²) >= 11 is 5.26. The van der Waals surface area contributed by atoms with Crippen LogP contribution in [-0.4, -0.2) is 12.6 Å². The maximum absolute atomic E-state index is 5.86. The highest BCUT2D eigenvalue weighted by Crippen LogP contribution is 2.30. The monoisotopic (exact) mass is 352 g/mol. The van der Waals surface area contributed by atoms with Gasteiger partial charge in [-0.3, -0.25) is 11.3 Å². The van der Waals surface area contributed by atoms with Gasteiger partial charge in [0.1, 0.15) is 5.75 Å². The molecule has 1 aliphatic rings. The number of fused-ring (bicyclic) bond motifs is 1. The summed E-state index contributed by atoms with van der Waals surface area (Å²) < 4.78 is 7.02. The van der Waals surface area contributed by atoms with Gasteiger partial charge in [0, 0.05) is 16.8 Å². The summed E-state index contributed by atoms with van der Waals surface area (Å²) in [5.74, 6) is 7.18. The molecule has 0 amide bonds. The van der Waals surface area contributed by atoms with Gasteiger partial charge in [0.15, 0.2) is 0 Å². The lowest BCUT2D eigenvalue weighted by molar-refractivity contribution is 0.184. The second-order valence-electron chi connectivity index (χ2n) is 5.07. The van der Waals surface area contributed by atoms with Crippen molar-refractivity contribution >= 4 is 27.3 Å². The third kappa shape index (κ3) is 3.06. The van der Waals surface area contributed by atoms with Crippen LogP contribution in [0.25, 0.3) is 0 Å². The highest BCUT2D eigenvalue weighted by Gasteiger charge is 2.27. The van der Waals surface area contributed by atoms with Gasteiger partial charge in [-0.25, -0.2) is 0 Å². The number of ether oxygens (including phenoxy) is 1. The molecule has 0 bridgehead atoms. The van der Waals surface area contributed by atoms with Crippen LogP contribution >= 0.6 is 27.3 Å². The summed E-state index contributed by atoms with van der Waals surface area (Å²) in [5.41, 5.74) is 4.25. The van der Waals surface area contributed by atoms with Gasteiger partial charge in [-0.15, -0.1) is 11.3 Å². The van der Waals surface area contributed by atoms with E-state index >= 15 is 0 Å². The number of hydrogen-bond donors (Lipinski definition) is 2. The van der Waals surface area contributed by atoms with Crippen molar-refractivity contribution in [1.29, 1.82) is 0 Å². The van der Waals surface area contributed by atoms with Gasteiger partial charge < -0.3 is 4.74 Å². The number of hydrogen-bond acceptors (Lipinski definition) is 4. The molecule has 0 saturated carbocycles. The van der Waals surface area contributed by atoms with Crippen LogP contribution < -0.4 is 16.0 Å².